The quantitative estimate of drug-likeness (QED) is 0.434. The van der Waals surface area contributed by atoms with Gasteiger partial charge in [0.05, 0.1) is 24.4 Å². The predicted octanol–water partition coefficient (Wildman–Crippen LogP) is 5.39. The van der Waals surface area contributed by atoms with E-state index < -0.39 is 5.97 Å². The number of fused-ring (bicyclic) bond motifs is 1. The lowest BCUT2D eigenvalue weighted by Gasteiger charge is -2.02. The molecule has 0 radical (unpaired) electrons. The van der Waals surface area contributed by atoms with Crippen LogP contribution >= 0.6 is 11.6 Å². The second kappa shape index (κ2) is 7.85. The fraction of sp³-hybridized carbons (Fsp3) is 0.0909. The SMILES string of the molecule is COc1ccc(N=Cc2cn(Cc3ccc(C(=O)O)o3)c3ccccc23)cc1Cl. The highest BCUT2D eigenvalue weighted by molar-refractivity contribution is 6.32. The Morgan fingerprint density at radius 3 is 2.79 bits per heavy atom. The molecular weight excluding hydrogens is 392 g/mol. The molecule has 0 aliphatic heterocycles. The van der Waals surface area contributed by atoms with Crippen LogP contribution in [0.5, 0.6) is 5.75 Å². The van der Waals surface area contributed by atoms with E-state index in [4.69, 9.17) is 25.9 Å². The van der Waals surface area contributed by atoms with Crippen molar-refractivity contribution in [2.24, 2.45) is 4.99 Å². The zero-order valence-electron chi connectivity index (χ0n) is 15.5. The molecule has 0 aliphatic rings. The van der Waals surface area contributed by atoms with Crippen molar-refractivity contribution in [2.75, 3.05) is 7.11 Å². The number of hydrogen-bond donors (Lipinski definition) is 1. The van der Waals surface area contributed by atoms with Crippen molar-refractivity contribution >= 4 is 40.4 Å². The van der Waals surface area contributed by atoms with Gasteiger partial charge in [-0.2, -0.15) is 0 Å². The van der Waals surface area contributed by atoms with Gasteiger partial charge in [-0.15, -0.1) is 0 Å². The summed E-state index contributed by atoms with van der Waals surface area (Å²) in [7, 11) is 1.57. The minimum atomic E-state index is -1.08. The highest BCUT2D eigenvalue weighted by Gasteiger charge is 2.12. The molecule has 0 spiro atoms. The number of rotatable bonds is 6. The van der Waals surface area contributed by atoms with Crippen molar-refractivity contribution < 1.29 is 19.1 Å². The van der Waals surface area contributed by atoms with Crippen LogP contribution in [-0.4, -0.2) is 29.0 Å². The number of aromatic carboxylic acids is 1. The van der Waals surface area contributed by atoms with Gasteiger partial charge in [-0.1, -0.05) is 29.8 Å². The second-order valence-electron chi connectivity index (χ2n) is 6.38. The maximum atomic E-state index is 11.0. The predicted molar refractivity (Wildman–Crippen MR) is 112 cm³/mol. The first-order valence-electron chi connectivity index (χ1n) is 8.82. The fourth-order valence-electron chi connectivity index (χ4n) is 3.13. The molecule has 2 heterocycles. The Morgan fingerprint density at radius 1 is 1.24 bits per heavy atom. The maximum Gasteiger partial charge on any atom is 0.371 e. The number of carboxylic acid groups (broad SMARTS) is 1. The number of carbonyl (C=O) groups is 1. The van der Waals surface area contributed by atoms with Crippen LogP contribution in [-0.2, 0) is 6.54 Å². The summed E-state index contributed by atoms with van der Waals surface area (Å²) in [6.45, 7) is 0.413. The molecule has 1 N–H and O–H groups in total. The number of methoxy groups -OCH3 is 1. The van der Waals surface area contributed by atoms with Crippen LogP contribution < -0.4 is 4.74 Å². The van der Waals surface area contributed by atoms with E-state index >= 15 is 0 Å². The van der Waals surface area contributed by atoms with Crippen LogP contribution in [0.15, 0.2) is 70.2 Å². The number of carboxylic acids is 1. The normalized spacial score (nSPS) is 11.4. The Hall–Kier alpha value is -3.51. The summed E-state index contributed by atoms with van der Waals surface area (Å²) in [5.41, 5.74) is 2.64. The summed E-state index contributed by atoms with van der Waals surface area (Å²) in [6.07, 6.45) is 3.74. The molecule has 0 fully saturated rings. The van der Waals surface area contributed by atoms with Gasteiger partial charge in [-0.3, -0.25) is 4.99 Å². The van der Waals surface area contributed by atoms with Gasteiger partial charge in [0.15, 0.2) is 0 Å². The summed E-state index contributed by atoms with van der Waals surface area (Å²) in [4.78, 5) is 15.6. The third kappa shape index (κ3) is 3.88. The van der Waals surface area contributed by atoms with E-state index in [9.17, 15) is 4.79 Å². The number of halogens is 1. The monoisotopic (exact) mass is 408 g/mol. The molecule has 0 saturated heterocycles. The number of aliphatic imine (C=N–C) groups is 1. The van der Waals surface area contributed by atoms with E-state index in [1.165, 1.54) is 6.07 Å². The van der Waals surface area contributed by atoms with Gasteiger partial charge in [0, 0.05) is 28.9 Å². The third-order valence-corrected chi connectivity index (χ3v) is 4.80. The number of furan rings is 1. The van der Waals surface area contributed by atoms with E-state index in [0.29, 0.717) is 28.8 Å². The van der Waals surface area contributed by atoms with E-state index in [1.54, 1.807) is 31.5 Å². The smallest absolute Gasteiger partial charge is 0.371 e. The van der Waals surface area contributed by atoms with Gasteiger partial charge in [0.25, 0.3) is 0 Å². The molecule has 2 aromatic carbocycles. The van der Waals surface area contributed by atoms with Crippen molar-refractivity contribution in [3.05, 3.63) is 82.9 Å². The number of ether oxygens (including phenoxy) is 1. The Bertz CT molecular complexity index is 1220. The van der Waals surface area contributed by atoms with Crippen LogP contribution in [0.25, 0.3) is 10.9 Å². The largest absolute Gasteiger partial charge is 0.495 e. The van der Waals surface area contributed by atoms with Gasteiger partial charge >= 0.3 is 5.97 Å². The molecule has 29 heavy (non-hydrogen) atoms. The van der Waals surface area contributed by atoms with Crippen molar-refractivity contribution in [1.29, 1.82) is 0 Å². The van der Waals surface area contributed by atoms with E-state index in [0.717, 1.165) is 16.5 Å². The Labute approximate surface area is 171 Å². The standard InChI is InChI=1S/C22H17ClN2O4/c1-28-20-8-6-15(10-18(20)23)24-11-14-12-25(19-5-3-2-4-17(14)19)13-16-7-9-21(29-16)22(26)27/h2-12H,13H2,1H3,(H,26,27). The van der Waals surface area contributed by atoms with Crippen LogP contribution in [0.3, 0.4) is 0 Å². The topological polar surface area (TPSA) is 77.0 Å². The number of para-hydroxylation sites is 1. The lowest BCUT2D eigenvalue weighted by Crippen LogP contribution is -1.97. The molecule has 4 rings (SSSR count). The summed E-state index contributed by atoms with van der Waals surface area (Å²) >= 11 is 6.17. The molecule has 146 valence electrons. The number of benzene rings is 2. The van der Waals surface area contributed by atoms with Crippen molar-refractivity contribution in [2.45, 2.75) is 6.54 Å². The number of hydrogen-bond acceptors (Lipinski definition) is 4. The van der Waals surface area contributed by atoms with Gasteiger partial charge in [-0.25, -0.2) is 4.79 Å². The van der Waals surface area contributed by atoms with Crippen LogP contribution in [0.4, 0.5) is 5.69 Å². The average Bonchev–Trinajstić information content (AvgIpc) is 3.32. The molecule has 0 atom stereocenters. The highest BCUT2D eigenvalue weighted by atomic mass is 35.5. The molecule has 7 heteroatoms. The van der Waals surface area contributed by atoms with Crippen molar-refractivity contribution in [3.63, 3.8) is 0 Å². The van der Waals surface area contributed by atoms with Crippen molar-refractivity contribution in [3.8, 4) is 5.75 Å². The molecule has 0 bridgehead atoms. The molecule has 0 saturated carbocycles. The lowest BCUT2D eigenvalue weighted by molar-refractivity contribution is 0.0660. The van der Waals surface area contributed by atoms with Crippen molar-refractivity contribution in [1.82, 2.24) is 4.57 Å². The van der Waals surface area contributed by atoms with E-state index in [2.05, 4.69) is 4.99 Å². The minimum Gasteiger partial charge on any atom is -0.495 e. The molecule has 0 aliphatic carbocycles. The molecule has 0 unspecified atom stereocenters. The van der Waals surface area contributed by atoms with Gasteiger partial charge in [-0.05, 0) is 36.4 Å². The highest BCUT2D eigenvalue weighted by Crippen LogP contribution is 2.29. The minimum absolute atomic E-state index is 0.0744. The summed E-state index contributed by atoms with van der Waals surface area (Å²) in [5, 5.41) is 10.6. The van der Waals surface area contributed by atoms with Gasteiger partial charge in [0.2, 0.25) is 5.76 Å². The van der Waals surface area contributed by atoms with E-state index in [1.807, 2.05) is 41.1 Å². The first kappa shape index (κ1) is 18.8. The molecule has 4 aromatic rings. The Balaban J connectivity index is 1.66. The second-order valence-corrected chi connectivity index (χ2v) is 6.78. The molecule has 2 aromatic heterocycles. The van der Waals surface area contributed by atoms with E-state index in [-0.39, 0.29) is 5.76 Å². The van der Waals surface area contributed by atoms with Crippen LogP contribution in [0.1, 0.15) is 21.9 Å². The molecule has 0 amide bonds. The zero-order valence-corrected chi connectivity index (χ0v) is 16.3. The number of aromatic nitrogens is 1. The number of nitrogens with zero attached hydrogens (tertiary/aromatic N) is 2. The Morgan fingerprint density at radius 2 is 2.07 bits per heavy atom. The fourth-order valence-corrected chi connectivity index (χ4v) is 3.39. The van der Waals surface area contributed by atoms with Crippen LogP contribution in [0.2, 0.25) is 5.02 Å². The lowest BCUT2D eigenvalue weighted by atomic mass is 10.2. The van der Waals surface area contributed by atoms with Gasteiger partial charge in [0.1, 0.15) is 11.5 Å². The zero-order chi connectivity index (χ0) is 20.4. The maximum absolute atomic E-state index is 11.0. The van der Waals surface area contributed by atoms with Gasteiger partial charge < -0.3 is 18.8 Å². The van der Waals surface area contributed by atoms with Crippen LogP contribution in [0, 0.1) is 0 Å². The first-order valence-corrected chi connectivity index (χ1v) is 9.20. The summed E-state index contributed by atoms with van der Waals surface area (Å²) in [5.74, 6) is 0.00389. The third-order valence-electron chi connectivity index (χ3n) is 4.51. The summed E-state index contributed by atoms with van der Waals surface area (Å²) in [6, 6.07) is 16.4. The molecular formula is C22H17ClN2O4. The average molecular weight is 409 g/mol. The summed E-state index contributed by atoms with van der Waals surface area (Å²) < 4.78 is 12.6. The Kier molecular flexibility index (Phi) is 5.10. The first-order chi connectivity index (χ1) is 14.0. The molecule has 6 nitrogen and oxygen atoms in total.